The Balaban J connectivity index is 2.08. The van der Waals surface area contributed by atoms with Crippen LogP contribution in [0.1, 0.15) is 30.8 Å². The molecule has 0 saturated heterocycles. The van der Waals surface area contributed by atoms with Crippen molar-refractivity contribution in [3.8, 4) is 0 Å². The summed E-state index contributed by atoms with van der Waals surface area (Å²) < 4.78 is 1.76. The number of amides is 1. The molecule has 0 bridgehead atoms. The van der Waals surface area contributed by atoms with E-state index in [0.29, 0.717) is 18.7 Å². The lowest BCUT2D eigenvalue weighted by Gasteiger charge is -2.23. The van der Waals surface area contributed by atoms with Crippen molar-refractivity contribution in [2.24, 2.45) is 5.41 Å². The van der Waals surface area contributed by atoms with E-state index < -0.39 is 0 Å². The van der Waals surface area contributed by atoms with Crippen molar-refractivity contribution >= 4 is 11.6 Å². The number of aliphatic hydroxyl groups is 1. The summed E-state index contributed by atoms with van der Waals surface area (Å²) in [7, 11) is 0. The molecule has 2 heterocycles. The quantitative estimate of drug-likeness (QED) is 0.856. The van der Waals surface area contributed by atoms with Crippen molar-refractivity contribution in [2.75, 3.05) is 13.2 Å². The summed E-state index contributed by atoms with van der Waals surface area (Å²) in [4.78, 5) is 16.3. The number of imidazole rings is 1. The molecule has 19 heavy (non-hydrogen) atoms. The van der Waals surface area contributed by atoms with E-state index in [1.54, 1.807) is 10.6 Å². The number of nitrogens with one attached hydrogen (secondary N) is 1. The maximum Gasteiger partial charge on any atom is 0.269 e. The molecule has 1 amide bonds. The van der Waals surface area contributed by atoms with Crippen molar-refractivity contribution in [3.05, 3.63) is 36.3 Å². The lowest BCUT2D eigenvalue weighted by Crippen LogP contribution is -2.35. The first kappa shape index (κ1) is 13.5. The van der Waals surface area contributed by atoms with E-state index in [1.165, 1.54) is 0 Å². The van der Waals surface area contributed by atoms with Crippen LogP contribution >= 0.6 is 0 Å². The van der Waals surface area contributed by atoms with Gasteiger partial charge in [0.2, 0.25) is 0 Å². The molecule has 0 saturated carbocycles. The lowest BCUT2D eigenvalue weighted by molar-refractivity contribution is 0.0922. The summed E-state index contributed by atoms with van der Waals surface area (Å²) in [6.07, 6.45) is 4.04. The number of nitrogens with zero attached hydrogens (tertiary/aromatic N) is 2. The standard InChI is InChI=1S/C14H19N3O2/c1-14(2,6-8-18)10-16-13(19)11-9-15-12-5-3-4-7-17(11)12/h3-5,7,9,18H,6,8,10H2,1-2H3,(H,16,19). The number of carbonyl (C=O) groups is 1. The third-order valence-electron chi connectivity index (χ3n) is 3.17. The predicted molar refractivity (Wildman–Crippen MR) is 73.0 cm³/mol. The topological polar surface area (TPSA) is 66.6 Å². The van der Waals surface area contributed by atoms with Crippen LogP contribution in [0.5, 0.6) is 0 Å². The van der Waals surface area contributed by atoms with Crippen LogP contribution in [0.25, 0.3) is 5.65 Å². The van der Waals surface area contributed by atoms with Gasteiger partial charge in [-0.3, -0.25) is 9.20 Å². The Hall–Kier alpha value is -1.88. The van der Waals surface area contributed by atoms with Crippen molar-refractivity contribution in [1.82, 2.24) is 14.7 Å². The number of fused-ring (bicyclic) bond motifs is 1. The number of aliphatic hydroxyl groups excluding tert-OH is 1. The van der Waals surface area contributed by atoms with Gasteiger partial charge < -0.3 is 10.4 Å². The Morgan fingerprint density at radius 3 is 3.00 bits per heavy atom. The Morgan fingerprint density at radius 2 is 2.26 bits per heavy atom. The summed E-state index contributed by atoms with van der Waals surface area (Å²) in [5.74, 6) is -0.148. The minimum Gasteiger partial charge on any atom is -0.396 e. The van der Waals surface area contributed by atoms with Crippen LogP contribution in [0, 0.1) is 5.41 Å². The molecule has 102 valence electrons. The highest BCUT2D eigenvalue weighted by Crippen LogP contribution is 2.18. The van der Waals surface area contributed by atoms with Gasteiger partial charge in [0.05, 0.1) is 6.20 Å². The highest BCUT2D eigenvalue weighted by molar-refractivity contribution is 5.93. The van der Waals surface area contributed by atoms with E-state index in [9.17, 15) is 4.79 Å². The molecule has 0 aliphatic rings. The first-order chi connectivity index (χ1) is 9.03. The SMILES string of the molecule is CC(C)(CCO)CNC(=O)c1cnc2ccccn12. The van der Waals surface area contributed by atoms with E-state index in [1.807, 2.05) is 38.2 Å². The van der Waals surface area contributed by atoms with Gasteiger partial charge in [0, 0.05) is 19.3 Å². The maximum atomic E-state index is 12.1. The Kier molecular flexibility index (Phi) is 3.85. The summed E-state index contributed by atoms with van der Waals surface area (Å²) in [5.41, 5.74) is 1.16. The summed E-state index contributed by atoms with van der Waals surface area (Å²) in [5, 5.41) is 11.9. The highest BCUT2D eigenvalue weighted by atomic mass is 16.3. The van der Waals surface area contributed by atoms with Crippen LogP contribution in [-0.2, 0) is 0 Å². The predicted octanol–water partition coefficient (Wildman–Crippen LogP) is 1.47. The average molecular weight is 261 g/mol. The third-order valence-corrected chi connectivity index (χ3v) is 3.17. The zero-order valence-electron chi connectivity index (χ0n) is 11.3. The Labute approximate surface area is 112 Å². The maximum absolute atomic E-state index is 12.1. The van der Waals surface area contributed by atoms with Gasteiger partial charge in [-0.25, -0.2) is 4.98 Å². The second-order valence-corrected chi connectivity index (χ2v) is 5.39. The van der Waals surface area contributed by atoms with Crippen LogP contribution in [-0.4, -0.2) is 33.6 Å². The molecule has 0 unspecified atom stereocenters. The number of pyridine rings is 1. The summed E-state index contributed by atoms with van der Waals surface area (Å²) in [6.45, 7) is 4.67. The number of carbonyl (C=O) groups excluding carboxylic acids is 1. The van der Waals surface area contributed by atoms with E-state index in [2.05, 4.69) is 10.3 Å². The zero-order chi connectivity index (χ0) is 13.9. The Bertz CT molecular complexity index is 575. The number of hydrogen-bond acceptors (Lipinski definition) is 3. The molecule has 0 atom stereocenters. The van der Waals surface area contributed by atoms with Gasteiger partial charge in [0.1, 0.15) is 11.3 Å². The third kappa shape index (κ3) is 3.12. The molecular formula is C14H19N3O2. The fraction of sp³-hybridized carbons (Fsp3) is 0.429. The molecule has 0 aromatic carbocycles. The van der Waals surface area contributed by atoms with E-state index in [4.69, 9.17) is 5.11 Å². The van der Waals surface area contributed by atoms with Gasteiger partial charge in [-0.15, -0.1) is 0 Å². The molecule has 0 radical (unpaired) electrons. The van der Waals surface area contributed by atoms with E-state index in [0.717, 1.165) is 5.65 Å². The fourth-order valence-electron chi connectivity index (χ4n) is 1.90. The molecule has 5 heteroatoms. The molecule has 0 spiro atoms. The molecule has 5 nitrogen and oxygen atoms in total. The van der Waals surface area contributed by atoms with Crippen LogP contribution in [0.15, 0.2) is 30.6 Å². The van der Waals surface area contributed by atoms with E-state index >= 15 is 0 Å². The zero-order valence-corrected chi connectivity index (χ0v) is 11.3. The fourth-order valence-corrected chi connectivity index (χ4v) is 1.90. The normalized spacial score (nSPS) is 11.7. The van der Waals surface area contributed by atoms with Crippen LogP contribution < -0.4 is 5.32 Å². The van der Waals surface area contributed by atoms with Gasteiger partial charge >= 0.3 is 0 Å². The molecular weight excluding hydrogens is 242 g/mol. The monoisotopic (exact) mass is 261 g/mol. The second kappa shape index (κ2) is 5.40. The first-order valence-electron chi connectivity index (χ1n) is 6.35. The van der Waals surface area contributed by atoms with E-state index in [-0.39, 0.29) is 17.9 Å². The van der Waals surface area contributed by atoms with Gasteiger partial charge in [-0.2, -0.15) is 0 Å². The Morgan fingerprint density at radius 1 is 1.47 bits per heavy atom. The number of aromatic nitrogens is 2. The lowest BCUT2D eigenvalue weighted by atomic mass is 9.90. The minimum atomic E-state index is -0.148. The smallest absolute Gasteiger partial charge is 0.269 e. The second-order valence-electron chi connectivity index (χ2n) is 5.39. The summed E-state index contributed by atoms with van der Waals surface area (Å²) in [6, 6.07) is 5.60. The molecule has 2 aromatic rings. The van der Waals surface area contributed by atoms with Crippen molar-refractivity contribution in [1.29, 1.82) is 0 Å². The van der Waals surface area contributed by atoms with Gasteiger partial charge in [0.25, 0.3) is 5.91 Å². The largest absolute Gasteiger partial charge is 0.396 e. The van der Waals surface area contributed by atoms with Gasteiger partial charge in [-0.1, -0.05) is 19.9 Å². The van der Waals surface area contributed by atoms with Crippen molar-refractivity contribution in [3.63, 3.8) is 0 Å². The van der Waals surface area contributed by atoms with Crippen molar-refractivity contribution in [2.45, 2.75) is 20.3 Å². The molecule has 2 rings (SSSR count). The number of hydrogen-bond donors (Lipinski definition) is 2. The average Bonchev–Trinajstić information content (AvgIpc) is 2.80. The molecule has 0 aliphatic carbocycles. The minimum absolute atomic E-state index is 0.120. The van der Waals surface area contributed by atoms with Crippen LogP contribution in [0.3, 0.4) is 0 Å². The molecule has 0 fully saturated rings. The van der Waals surface area contributed by atoms with Gasteiger partial charge in [-0.05, 0) is 24.0 Å². The molecule has 2 N–H and O–H groups in total. The van der Waals surface area contributed by atoms with Crippen LogP contribution in [0.2, 0.25) is 0 Å². The first-order valence-corrected chi connectivity index (χ1v) is 6.35. The highest BCUT2D eigenvalue weighted by Gasteiger charge is 2.19. The molecule has 2 aromatic heterocycles. The summed E-state index contributed by atoms with van der Waals surface area (Å²) >= 11 is 0. The van der Waals surface area contributed by atoms with Crippen LogP contribution in [0.4, 0.5) is 0 Å². The van der Waals surface area contributed by atoms with Gasteiger partial charge in [0.15, 0.2) is 0 Å². The molecule has 0 aliphatic heterocycles. The number of rotatable bonds is 5. The van der Waals surface area contributed by atoms with Crippen molar-refractivity contribution < 1.29 is 9.90 Å².